The molecule has 0 radical (unpaired) electrons. The minimum absolute atomic E-state index is 2.20. The van der Waals surface area contributed by atoms with Gasteiger partial charge in [-0.3, -0.25) is 10.1 Å². The van der Waals surface area contributed by atoms with Crippen LogP contribution in [0.4, 0.5) is 22.0 Å². The minimum atomic E-state index is -5.71. The highest BCUT2D eigenvalue weighted by atomic mass is 35.5. The zero-order valence-electron chi connectivity index (χ0n) is 5.82. The first-order valence-corrected chi connectivity index (χ1v) is 3.33. The van der Waals surface area contributed by atoms with Crippen molar-refractivity contribution >= 4 is 23.2 Å². The van der Waals surface area contributed by atoms with Gasteiger partial charge in [0.15, 0.2) is 0 Å². The zero-order chi connectivity index (χ0) is 11.8. The van der Waals surface area contributed by atoms with Crippen molar-refractivity contribution in [1.29, 1.82) is 0 Å². The van der Waals surface area contributed by atoms with Crippen LogP contribution in [0.2, 0.25) is 0 Å². The highest BCUT2D eigenvalue weighted by Crippen LogP contribution is 2.43. The summed E-state index contributed by atoms with van der Waals surface area (Å²) in [6.45, 7) is 0. The second-order valence-electron chi connectivity index (χ2n) is 1.86. The van der Waals surface area contributed by atoms with E-state index in [0.717, 1.165) is 0 Å². The molecule has 0 fully saturated rings. The number of alkyl halides is 7. The SMILES string of the molecule is O=[N+]([O-])C(F)(Cl)C(F)(Cl)OC(F)(F)F. The Morgan fingerprint density at radius 2 is 1.50 bits per heavy atom. The summed E-state index contributed by atoms with van der Waals surface area (Å²) in [4.78, 5) is 7.48. The highest BCUT2D eigenvalue weighted by Gasteiger charge is 2.68. The van der Waals surface area contributed by atoms with Gasteiger partial charge in [0.25, 0.3) is 0 Å². The average molecular weight is 264 g/mol. The molecule has 2 unspecified atom stereocenters. The molecule has 0 aromatic rings. The summed E-state index contributed by atoms with van der Waals surface area (Å²) in [5.41, 5.74) is 0. The van der Waals surface area contributed by atoms with Crippen LogP contribution in [0.5, 0.6) is 0 Å². The summed E-state index contributed by atoms with van der Waals surface area (Å²) in [6.07, 6.45) is -5.71. The molecule has 0 N–H and O–H groups in total. The van der Waals surface area contributed by atoms with Crippen molar-refractivity contribution < 1.29 is 31.6 Å². The third-order valence-electron chi connectivity index (χ3n) is 0.823. The van der Waals surface area contributed by atoms with Gasteiger partial charge >= 0.3 is 16.9 Å². The van der Waals surface area contributed by atoms with E-state index in [4.69, 9.17) is 0 Å². The van der Waals surface area contributed by atoms with Gasteiger partial charge in [-0.15, -0.1) is 17.6 Å². The van der Waals surface area contributed by atoms with E-state index in [-0.39, 0.29) is 0 Å². The quantitative estimate of drug-likeness (QED) is 0.259. The van der Waals surface area contributed by atoms with Crippen LogP contribution in [-0.2, 0) is 4.74 Å². The standard InChI is InChI=1S/C3Cl2F5NO3/c4-1(6,11(12)13)2(5,7)14-3(8,9)10. The number of nitro groups is 1. The Morgan fingerprint density at radius 3 is 1.71 bits per heavy atom. The molecule has 0 aromatic carbocycles. The molecule has 0 aliphatic rings. The molecular formula is C3Cl2F5NO3. The number of nitrogens with zero attached hydrogens (tertiary/aromatic N) is 1. The van der Waals surface area contributed by atoms with E-state index in [1.807, 2.05) is 0 Å². The van der Waals surface area contributed by atoms with Gasteiger partial charge in [-0.25, -0.2) is 4.74 Å². The fourth-order valence-electron chi connectivity index (χ4n) is 0.313. The molecule has 0 aliphatic heterocycles. The maximum Gasteiger partial charge on any atom is 0.526 e. The second kappa shape index (κ2) is 3.63. The molecule has 0 saturated carbocycles. The maximum atomic E-state index is 12.5. The minimum Gasteiger partial charge on any atom is -0.260 e. The van der Waals surface area contributed by atoms with Crippen LogP contribution in [0.15, 0.2) is 0 Å². The smallest absolute Gasteiger partial charge is 0.260 e. The Hall–Kier alpha value is -0.410. The molecular weight excluding hydrogens is 264 g/mol. The lowest BCUT2D eigenvalue weighted by Gasteiger charge is -2.22. The lowest BCUT2D eigenvalue weighted by molar-refractivity contribution is -0.613. The summed E-state index contributed by atoms with van der Waals surface area (Å²) in [7, 11) is 0. The van der Waals surface area contributed by atoms with Crippen LogP contribution in [0, 0.1) is 10.1 Å². The van der Waals surface area contributed by atoms with E-state index in [9.17, 15) is 32.1 Å². The largest absolute Gasteiger partial charge is 0.526 e. The molecule has 0 heterocycles. The van der Waals surface area contributed by atoms with E-state index in [1.165, 1.54) is 0 Å². The van der Waals surface area contributed by atoms with Crippen LogP contribution in [-0.4, -0.2) is 21.9 Å². The van der Waals surface area contributed by atoms with Crippen molar-refractivity contribution in [3.8, 4) is 0 Å². The Bertz CT molecular complexity index is 241. The molecule has 4 nitrogen and oxygen atoms in total. The van der Waals surface area contributed by atoms with E-state index in [0.29, 0.717) is 0 Å². The van der Waals surface area contributed by atoms with Crippen LogP contribution in [0.25, 0.3) is 0 Å². The number of hydrogen-bond acceptors (Lipinski definition) is 3. The van der Waals surface area contributed by atoms with Crippen molar-refractivity contribution in [3.05, 3.63) is 10.1 Å². The van der Waals surface area contributed by atoms with Crippen molar-refractivity contribution in [1.82, 2.24) is 0 Å². The van der Waals surface area contributed by atoms with Crippen LogP contribution >= 0.6 is 23.2 Å². The molecule has 84 valence electrons. The van der Waals surface area contributed by atoms with Gasteiger partial charge in [-0.2, -0.15) is 4.39 Å². The Labute approximate surface area is 82.7 Å². The Kier molecular flexibility index (Phi) is 3.52. The van der Waals surface area contributed by atoms with Gasteiger partial charge < -0.3 is 0 Å². The third kappa shape index (κ3) is 3.07. The number of rotatable bonds is 3. The molecule has 0 aromatic heterocycles. The van der Waals surface area contributed by atoms with Gasteiger partial charge in [-0.05, 0) is 11.6 Å². The van der Waals surface area contributed by atoms with E-state index >= 15 is 0 Å². The summed E-state index contributed by atoms with van der Waals surface area (Å²) in [5.74, 6) is 0. The van der Waals surface area contributed by atoms with Gasteiger partial charge in [0.2, 0.25) is 0 Å². The molecule has 0 spiro atoms. The second-order valence-corrected chi connectivity index (χ2v) is 2.85. The summed E-state index contributed by atoms with van der Waals surface area (Å²) in [6, 6.07) is 0. The lowest BCUT2D eigenvalue weighted by atomic mass is 10.6. The van der Waals surface area contributed by atoms with Gasteiger partial charge in [0.1, 0.15) is 0 Å². The normalized spacial score (nSPS) is 21.1. The third-order valence-corrected chi connectivity index (χ3v) is 1.63. The van der Waals surface area contributed by atoms with E-state index in [2.05, 4.69) is 27.9 Å². The van der Waals surface area contributed by atoms with Crippen LogP contribution in [0.1, 0.15) is 0 Å². The van der Waals surface area contributed by atoms with Gasteiger partial charge in [0, 0.05) is 11.6 Å². The Morgan fingerprint density at radius 1 is 1.14 bits per heavy atom. The maximum absolute atomic E-state index is 12.5. The van der Waals surface area contributed by atoms with Crippen LogP contribution in [0.3, 0.4) is 0 Å². The fraction of sp³-hybridized carbons (Fsp3) is 1.00. The molecule has 0 rings (SSSR count). The number of ether oxygens (including phenoxy) is 1. The lowest BCUT2D eigenvalue weighted by Crippen LogP contribution is -2.49. The van der Waals surface area contributed by atoms with Crippen molar-refractivity contribution in [2.45, 2.75) is 16.9 Å². The van der Waals surface area contributed by atoms with Crippen molar-refractivity contribution in [3.63, 3.8) is 0 Å². The summed E-state index contributed by atoms with van der Waals surface area (Å²) in [5, 5.41) is 0.0835. The molecule has 0 amide bonds. The number of hydrogen-bond donors (Lipinski definition) is 0. The fourth-order valence-corrected chi connectivity index (χ4v) is 0.508. The van der Waals surface area contributed by atoms with Crippen molar-refractivity contribution in [2.24, 2.45) is 0 Å². The number of halogens is 7. The molecule has 2 atom stereocenters. The first kappa shape index (κ1) is 13.6. The van der Waals surface area contributed by atoms with Crippen molar-refractivity contribution in [2.75, 3.05) is 0 Å². The topological polar surface area (TPSA) is 52.4 Å². The first-order valence-electron chi connectivity index (χ1n) is 2.57. The van der Waals surface area contributed by atoms with Gasteiger partial charge in [0.05, 0.1) is 4.92 Å². The molecule has 0 aliphatic carbocycles. The predicted molar refractivity (Wildman–Crippen MR) is 33.5 cm³/mol. The first-order chi connectivity index (χ1) is 5.90. The van der Waals surface area contributed by atoms with E-state index < -0.39 is 21.9 Å². The predicted octanol–water partition coefficient (Wildman–Crippen LogP) is 2.52. The highest BCUT2D eigenvalue weighted by molar-refractivity contribution is 6.31. The van der Waals surface area contributed by atoms with Crippen LogP contribution < -0.4 is 0 Å². The molecule has 11 heteroatoms. The molecule has 0 bridgehead atoms. The average Bonchev–Trinajstić information content (AvgIpc) is 1.80. The molecule has 14 heavy (non-hydrogen) atoms. The van der Waals surface area contributed by atoms with Gasteiger partial charge in [-0.1, -0.05) is 0 Å². The Balaban J connectivity index is 4.87. The van der Waals surface area contributed by atoms with E-state index in [1.54, 1.807) is 0 Å². The summed E-state index contributed by atoms with van der Waals surface area (Å²) < 4.78 is 61.3. The molecule has 0 saturated heterocycles. The summed E-state index contributed by atoms with van der Waals surface area (Å²) >= 11 is 8.32. The zero-order valence-corrected chi connectivity index (χ0v) is 7.33. The monoisotopic (exact) mass is 263 g/mol.